The maximum Gasteiger partial charge on any atom is 0.255 e. The predicted molar refractivity (Wildman–Crippen MR) is 122 cm³/mol. The summed E-state index contributed by atoms with van der Waals surface area (Å²) in [5.41, 5.74) is 3.67. The highest BCUT2D eigenvalue weighted by atomic mass is 79.9. The van der Waals surface area contributed by atoms with Gasteiger partial charge in [0.2, 0.25) is 10.0 Å². The Kier molecular flexibility index (Phi) is 7.56. The molecule has 0 aliphatic rings. The molecule has 0 spiro atoms. The first kappa shape index (κ1) is 22.7. The van der Waals surface area contributed by atoms with Crippen LogP contribution in [0.15, 0.2) is 93.3 Å². The van der Waals surface area contributed by atoms with Crippen LogP contribution in [0.1, 0.15) is 11.1 Å². The van der Waals surface area contributed by atoms with Gasteiger partial charge in [0, 0.05) is 11.0 Å². The third-order valence-corrected chi connectivity index (χ3v) is 6.58. The fourth-order valence-corrected chi connectivity index (χ4v) is 4.40. The number of halogens is 1. The van der Waals surface area contributed by atoms with Gasteiger partial charge in [-0.05, 0) is 47.5 Å². The van der Waals surface area contributed by atoms with Gasteiger partial charge < -0.3 is 5.11 Å². The van der Waals surface area contributed by atoms with Gasteiger partial charge in [0.25, 0.3) is 5.91 Å². The zero-order chi connectivity index (χ0) is 22.3. The summed E-state index contributed by atoms with van der Waals surface area (Å²) in [7, 11) is -3.93. The number of rotatable bonds is 8. The normalized spacial score (nSPS) is 11.7. The summed E-state index contributed by atoms with van der Waals surface area (Å²) in [4.78, 5) is 12.5. The van der Waals surface area contributed by atoms with Crippen LogP contribution in [-0.2, 0) is 21.4 Å². The minimum Gasteiger partial charge on any atom is -0.508 e. The Labute approximate surface area is 189 Å². The number of carbonyl (C=O) groups excluding carboxylic acids is 1. The van der Waals surface area contributed by atoms with Crippen LogP contribution in [0, 0.1) is 0 Å². The number of sulfonamides is 1. The molecule has 7 nitrogen and oxygen atoms in total. The second-order valence-electron chi connectivity index (χ2n) is 6.60. The number of hydrazone groups is 1. The average Bonchev–Trinajstić information content (AvgIpc) is 2.74. The van der Waals surface area contributed by atoms with Crippen molar-refractivity contribution in [3.05, 3.63) is 94.5 Å². The highest BCUT2D eigenvalue weighted by molar-refractivity contribution is 9.10. The fraction of sp³-hybridized carbons (Fsp3) is 0.0909. The van der Waals surface area contributed by atoms with Crippen molar-refractivity contribution in [3.63, 3.8) is 0 Å². The van der Waals surface area contributed by atoms with Gasteiger partial charge in [0.05, 0.1) is 17.7 Å². The zero-order valence-electron chi connectivity index (χ0n) is 16.3. The monoisotopic (exact) mass is 501 g/mol. The number of nitrogens with one attached hydrogen (secondary N) is 1. The molecule has 0 saturated heterocycles. The molecule has 1 amide bonds. The number of phenolic OH excluding ortho intramolecular Hbond substituents is 1. The Bertz CT molecular complexity index is 1170. The fourth-order valence-electron chi connectivity index (χ4n) is 2.75. The highest BCUT2D eigenvalue weighted by Crippen LogP contribution is 2.20. The lowest BCUT2D eigenvalue weighted by Gasteiger charge is -2.21. The molecule has 0 heterocycles. The van der Waals surface area contributed by atoms with Crippen LogP contribution in [0.3, 0.4) is 0 Å². The van der Waals surface area contributed by atoms with E-state index in [0.717, 1.165) is 14.3 Å². The first-order chi connectivity index (χ1) is 14.8. The number of carbonyl (C=O) groups is 1. The predicted octanol–water partition coefficient (Wildman–Crippen LogP) is 3.50. The zero-order valence-corrected chi connectivity index (χ0v) is 18.8. The van der Waals surface area contributed by atoms with Crippen molar-refractivity contribution in [2.75, 3.05) is 6.54 Å². The van der Waals surface area contributed by atoms with Gasteiger partial charge in [-0.1, -0.05) is 58.4 Å². The topological polar surface area (TPSA) is 99.1 Å². The Morgan fingerprint density at radius 1 is 1.03 bits per heavy atom. The van der Waals surface area contributed by atoms with Crippen LogP contribution in [0.4, 0.5) is 0 Å². The van der Waals surface area contributed by atoms with Crippen molar-refractivity contribution >= 4 is 38.1 Å². The van der Waals surface area contributed by atoms with Gasteiger partial charge in [-0.25, -0.2) is 13.8 Å². The Morgan fingerprint density at radius 3 is 2.42 bits per heavy atom. The van der Waals surface area contributed by atoms with E-state index in [1.165, 1.54) is 30.5 Å². The van der Waals surface area contributed by atoms with Gasteiger partial charge in [-0.15, -0.1) is 0 Å². The molecule has 31 heavy (non-hydrogen) atoms. The lowest BCUT2D eigenvalue weighted by atomic mass is 10.2. The van der Waals surface area contributed by atoms with Gasteiger partial charge in [-0.2, -0.15) is 9.41 Å². The van der Waals surface area contributed by atoms with Gasteiger partial charge >= 0.3 is 0 Å². The molecule has 0 atom stereocenters. The summed E-state index contributed by atoms with van der Waals surface area (Å²) in [5, 5.41) is 13.3. The lowest BCUT2D eigenvalue weighted by Crippen LogP contribution is -2.39. The smallest absolute Gasteiger partial charge is 0.255 e. The summed E-state index contributed by atoms with van der Waals surface area (Å²) >= 11 is 3.29. The van der Waals surface area contributed by atoms with Crippen LogP contribution < -0.4 is 5.43 Å². The Morgan fingerprint density at radius 2 is 1.74 bits per heavy atom. The van der Waals surface area contributed by atoms with Crippen molar-refractivity contribution in [2.45, 2.75) is 11.4 Å². The van der Waals surface area contributed by atoms with Crippen molar-refractivity contribution in [3.8, 4) is 5.75 Å². The standard InChI is InChI=1S/C22H20BrN3O4S/c23-19-9-11-21(12-10-19)31(29,30)26(15-17-5-2-1-3-6-17)16-22(28)25-24-14-18-7-4-8-20(27)13-18/h1-14,27H,15-16H2,(H,25,28)/b24-14-. The second kappa shape index (κ2) is 10.3. The molecule has 0 saturated carbocycles. The first-order valence-electron chi connectivity index (χ1n) is 9.25. The van der Waals surface area contributed by atoms with Crippen molar-refractivity contribution in [1.82, 2.24) is 9.73 Å². The summed E-state index contributed by atoms with van der Waals surface area (Å²) in [6.45, 7) is -0.381. The van der Waals surface area contributed by atoms with Crippen molar-refractivity contribution < 1.29 is 18.3 Å². The molecule has 2 N–H and O–H groups in total. The number of phenols is 1. The number of hydrogen-bond donors (Lipinski definition) is 2. The molecule has 3 aromatic carbocycles. The lowest BCUT2D eigenvalue weighted by molar-refractivity contribution is -0.121. The van der Waals surface area contributed by atoms with E-state index in [1.54, 1.807) is 48.5 Å². The second-order valence-corrected chi connectivity index (χ2v) is 9.45. The molecule has 9 heteroatoms. The summed E-state index contributed by atoms with van der Waals surface area (Å²) in [5.74, 6) is -0.516. The molecule has 3 aromatic rings. The number of amides is 1. The van der Waals surface area contributed by atoms with Crippen LogP contribution >= 0.6 is 15.9 Å². The van der Waals surface area contributed by atoms with Crippen molar-refractivity contribution in [2.24, 2.45) is 5.10 Å². The molecule has 0 fully saturated rings. The van der Waals surface area contributed by atoms with E-state index in [-0.39, 0.29) is 17.2 Å². The molecular formula is C22H20BrN3O4S. The van der Waals surface area contributed by atoms with E-state index < -0.39 is 22.5 Å². The van der Waals surface area contributed by atoms with Gasteiger partial charge in [-0.3, -0.25) is 4.79 Å². The van der Waals surface area contributed by atoms with Crippen LogP contribution in [0.25, 0.3) is 0 Å². The maximum absolute atomic E-state index is 13.2. The molecule has 0 radical (unpaired) electrons. The number of nitrogens with zero attached hydrogens (tertiary/aromatic N) is 2. The van der Waals surface area contributed by atoms with Crippen LogP contribution in [0.2, 0.25) is 0 Å². The van der Waals surface area contributed by atoms with Crippen LogP contribution in [0.5, 0.6) is 5.75 Å². The van der Waals surface area contributed by atoms with E-state index in [2.05, 4.69) is 26.5 Å². The molecule has 0 aromatic heterocycles. The average molecular weight is 502 g/mol. The third-order valence-electron chi connectivity index (χ3n) is 4.25. The van der Waals surface area contributed by atoms with Crippen LogP contribution in [-0.4, -0.2) is 36.5 Å². The largest absolute Gasteiger partial charge is 0.508 e. The highest BCUT2D eigenvalue weighted by Gasteiger charge is 2.26. The van der Waals surface area contributed by atoms with Crippen molar-refractivity contribution in [1.29, 1.82) is 0 Å². The van der Waals surface area contributed by atoms with E-state index in [4.69, 9.17) is 0 Å². The summed E-state index contributed by atoms with van der Waals surface area (Å²) in [6, 6.07) is 21.6. The Hall–Kier alpha value is -3.01. The minimum atomic E-state index is -3.93. The van der Waals surface area contributed by atoms with E-state index in [9.17, 15) is 18.3 Å². The summed E-state index contributed by atoms with van der Waals surface area (Å²) < 4.78 is 28.2. The number of hydrogen-bond acceptors (Lipinski definition) is 5. The quantitative estimate of drug-likeness (QED) is 0.364. The molecule has 0 bridgehead atoms. The molecular weight excluding hydrogens is 482 g/mol. The van der Waals surface area contributed by atoms with Gasteiger partial charge in [0.1, 0.15) is 5.75 Å². The number of aromatic hydroxyl groups is 1. The van der Waals surface area contributed by atoms with E-state index in [1.807, 2.05) is 6.07 Å². The minimum absolute atomic E-state index is 0.0307. The van der Waals surface area contributed by atoms with E-state index >= 15 is 0 Å². The SMILES string of the molecule is O=C(CN(Cc1ccccc1)S(=O)(=O)c1ccc(Br)cc1)N/N=C\c1cccc(O)c1. The van der Waals surface area contributed by atoms with Gasteiger partial charge in [0.15, 0.2) is 0 Å². The summed E-state index contributed by atoms with van der Waals surface area (Å²) in [6.07, 6.45) is 1.36. The first-order valence-corrected chi connectivity index (χ1v) is 11.5. The molecule has 0 aliphatic carbocycles. The third kappa shape index (κ3) is 6.48. The molecule has 0 unspecified atom stereocenters. The maximum atomic E-state index is 13.2. The molecule has 160 valence electrons. The molecule has 0 aliphatic heterocycles. The molecule has 3 rings (SSSR count). The Balaban J connectivity index is 1.77. The van der Waals surface area contributed by atoms with E-state index in [0.29, 0.717) is 5.56 Å². The number of benzene rings is 3.